The maximum Gasteiger partial charge on any atom is 0.228 e. The molecule has 1 aliphatic rings. The zero-order valence-corrected chi connectivity index (χ0v) is 12.6. The lowest BCUT2D eigenvalue weighted by molar-refractivity contribution is -0.133. The number of aromatic nitrogens is 3. The first-order valence-electron chi connectivity index (χ1n) is 6.95. The summed E-state index contributed by atoms with van der Waals surface area (Å²) in [7, 11) is 0. The molecule has 1 fully saturated rings. The van der Waals surface area contributed by atoms with E-state index >= 15 is 0 Å². The fourth-order valence-electron chi connectivity index (χ4n) is 2.38. The van der Waals surface area contributed by atoms with Gasteiger partial charge in [-0.2, -0.15) is 0 Å². The van der Waals surface area contributed by atoms with Gasteiger partial charge in [-0.3, -0.25) is 14.8 Å². The topological polar surface area (TPSA) is 71.0 Å². The van der Waals surface area contributed by atoms with Crippen LogP contribution in [0.4, 0.5) is 0 Å². The lowest BCUT2D eigenvalue weighted by Crippen LogP contribution is -2.52. The molecule has 7 heteroatoms. The van der Waals surface area contributed by atoms with Gasteiger partial charge in [-0.05, 0) is 6.92 Å². The highest BCUT2D eigenvalue weighted by molar-refractivity contribution is 7.13. The molecule has 2 aromatic heterocycles. The molecule has 2 aromatic rings. The molecule has 0 bridgehead atoms. The molecule has 1 N–H and O–H groups in total. The number of hydrogen-bond donors (Lipinski definition) is 1. The van der Waals surface area contributed by atoms with Gasteiger partial charge in [0.25, 0.3) is 0 Å². The van der Waals surface area contributed by atoms with Crippen LogP contribution in [-0.4, -0.2) is 51.4 Å². The predicted molar refractivity (Wildman–Crippen MR) is 80.9 cm³/mol. The maximum absolute atomic E-state index is 12.4. The number of rotatable bonds is 3. The Balaban J connectivity index is 1.68. The molecule has 0 radical (unpaired) electrons. The highest BCUT2D eigenvalue weighted by atomic mass is 32.1. The SMILES string of the molecule is CC1CNCCN1C(=O)Cc1csc(-c2cnccn2)n1. The molecule has 1 unspecified atom stereocenters. The molecule has 0 spiro atoms. The predicted octanol–water partition coefficient (Wildman–Crippen LogP) is 0.963. The van der Waals surface area contributed by atoms with Crippen LogP contribution >= 0.6 is 11.3 Å². The Morgan fingerprint density at radius 3 is 3.19 bits per heavy atom. The largest absolute Gasteiger partial charge is 0.337 e. The Labute approximate surface area is 127 Å². The summed E-state index contributed by atoms with van der Waals surface area (Å²) in [4.78, 5) is 27.0. The smallest absolute Gasteiger partial charge is 0.228 e. The monoisotopic (exact) mass is 303 g/mol. The van der Waals surface area contributed by atoms with E-state index in [4.69, 9.17) is 0 Å². The summed E-state index contributed by atoms with van der Waals surface area (Å²) < 4.78 is 0. The first-order chi connectivity index (χ1) is 10.2. The molecule has 21 heavy (non-hydrogen) atoms. The normalized spacial score (nSPS) is 18.7. The minimum atomic E-state index is 0.139. The number of carbonyl (C=O) groups is 1. The molecule has 1 saturated heterocycles. The van der Waals surface area contributed by atoms with E-state index in [1.54, 1.807) is 18.6 Å². The van der Waals surface area contributed by atoms with Crippen LogP contribution in [0.5, 0.6) is 0 Å². The van der Waals surface area contributed by atoms with Crippen LogP contribution in [-0.2, 0) is 11.2 Å². The van der Waals surface area contributed by atoms with Crippen molar-refractivity contribution in [2.45, 2.75) is 19.4 Å². The molecule has 1 aliphatic heterocycles. The number of thiazole rings is 1. The number of nitrogens with one attached hydrogen (secondary N) is 1. The summed E-state index contributed by atoms with van der Waals surface area (Å²) >= 11 is 1.50. The molecule has 0 aromatic carbocycles. The van der Waals surface area contributed by atoms with E-state index in [0.29, 0.717) is 6.42 Å². The van der Waals surface area contributed by atoms with Gasteiger partial charge in [0.1, 0.15) is 10.7 Å². The van der Waals surface area contributed by atoms with Crippen molar-refractivity contribution in [3.8, 4) is 10.7 Å². The summed E-state index contributed by atoms with van der Waals surface area (Å²) in [5.74, 6) is 0.139. The number of carbonyl (C=O) groups excluding carboxylic acids is 1. The molecular weight excluding hydrogens is 286 g/mol. The molecule has 0 aliphatic carbocycles. The van der Waals surface area contributed by atoms with Crippen molar-refractivity contribution >= 4 is 17.2 Å². The minimum absolute atomic E-state index is 0.139. The lowest BCUT2D eigenvalue weighted by atomic mass is 10.2. The van der Waals surface area contributed by atoms with Gasteiger partial charge in [0.05, 0.1) is 18.3 Å². The van der Waals surface area contributed by atoms with Gasteiger partial charge in [0, 0.05) is 43.4 Å². The number of piperazine rings is 1. The van der Waals surface area contributed by atoms with E-state index in [-0.39, 0.29) is 11.9 Å². The van der Waals surface area contributed by atoms with E-state index < -0.39 is 0 Å². The fourth-order valence-corrected chi connectivity index (χ4v) is 3.16. The average Bonchev–Trinajstić information content (AvgIpc) is 2.97. The first-order valence-corrected chi connectivity index (χ1v) is 7.83. The van der Waals surface area contributed by atoms with Crippen LogP contribution < -0.4 is 5.32 Å². The Hall–Kier alpha value is -1.86. The zero-order valence-electron chi connectivity index (χ0n) is 11.8. The summed E-state index contributed by atoms with van der Waals surface area (Å²) in [6.07, 6.45) is 5.31. The summed E-state index contributed by atoms with van der Waals surface area (Å²) in [6, 6.07) is 0.240. The van der Waals surface area contributed by atoms with E-state index in [2.05, 4.69) is 27.2 Å². The number of amides is 1. The van der Waals surface area contributed by atoms with E-state index in [1.807, 2.05) is 10.3 Å². The van der Waals surface area contributed by atoms with Gasteiger partial charge >= 0.3 is 0 Å². The Bertz CT molecular complexity index is 615. The van der Waals surface area contributed by atoms with Crippen LogP contribution in [0.3, 0.4) is 0 Å². The van der Waals surface area contributed by atoms with Crippen molar-refractivity contribution in [2.75, 3.05) is 19.6 Å². The van der Waals surface area contributed by atoms with Crippen LogP contribution in [0.25, 0.3) is 10.7 Å². The first kappa shape index (κ1) is 14.1. The molecule has 0 saturated carbocycles. The van der Waals surface area contributed by atoms with Crippen molar-refractivity contribution in [3.05, 3.63) is 29.7 Å². The average molecular weight is 303 g/mol. The van der Waals surface area contributed by atoms with E-state index in [0.717, 1.165) is 36.0 Å². The highest BCUT2D eigenvalue weighted by Crippen LogP contribution is 2.21. The lowest BCUT2D eigenvalue weighted by Gasteiger charge is -2.33. The van der Waals surface area contributed by atoms with Gasteiger partial charge < -0.3 is 10.2 Å². The van der Waals surface area contributed by atoms with Crippen LogP contribution in [0, 0.1) is 0 Å². The second kappa shape index (κ2) is 6.28. The molecule has 3 rings (SSSR count). The van der Waals surface area contributed by atoms with Crippen molar-refractivity contribution < 1.29 is 4.79 Å². The van der Waals surface area contributed by atoms with Crippen LogP contribution in [0.2, 0.25) is 0 Å². The number of hydrogen-bond acceptors (Lipinski definition) is 6. The Morgan fingerprint density at radius 1 is 1.52 bits per heavy atom. The second-order valence-electron chi connectivity index (χ2n) is 5.05. The van der Waals surface area contributed by atoms with Crippen molar-refractivity contribution in [1.82, 2.24) is 25.2 Å². The van der Waals surface area contributed by atoms with Gasteiger partial charge in [-0.15, -0.1) is 11.3 Å². The molecule has 110 valence electrons. The maximum atomic E-state index is 12.4. The summed E-state index contributed by atoms with van der Waals surface area (Å²) in [5, 5.41) is 6.02. The van der Waals surface area contributed by atoms with Gasteiger partial charge in [-0.1, -0.05) is 0 Å². The molecular formula is C14H17N5OS. The van der Waals surface area contributed by atoms with Crippen LogP contribution in [0.15, 0.2) is 24.0 Å². The van der Waals surface area contributed by atoms with Crippen molar-refractivity contribution in [3.63, 3.8) is 0 Å². The van der Waals surface area contributed by atoms with Gasteiger partial charge in [0.15, 0.2) is 0 Å². The quantitative estimate of drug-likeness (QED) is 0.914. The van der Waals surface area contributed by atoms with Gasteiger partial charge in [0.2, 0.25) is 5.91 Å². The zero-order chi connectivity index (χ0) is 14.7. The third kappa shape index (κ3) is 3.25. The van der Waals surface area contributed by atoms with Crippen molar-refractivity contribution in [1.29, 1.82) is 0 Å². The van der Waals surface area contributed by atoms with E-state index in [9.17, 15) is 4.79 Å². The van der Waals surface area contributed by atoms with Crippen molar-refractivity contribution in [2.24, 2.45) is 0 Å². The third-order valence-corrected chi connectivity index (χ3v) is 4.40. The fraction of sp³-hybridized carbons (Fsp3) is 0.429. The van der Waals surface area contributed by atoms with Crippen LogP contribution in [0.1, 0.15) is 12.6 Å². The molecule has 6 nitrogen and oxygen atoms in total. The van der Waals surface area contributed by atoms with E-state index in [1.165, 1.54) is 11.3 Å². The molecule has 1 atom stereocenters. The molecule has 1 amide bonds. The third-order valence-electron chi connectivity index (χ3n) is 3.49. The number of nitrogens with zero attached hydrogens (tertiary/aromatic N) is 4. The minimum Gasteiger partial charge on any atom is -0.337 e. The summed E-state index contributed by atoms with van der Waals surface area (Å²) in [6.45, 7) is 4.54. The summed E-state index contributed by atoms with van der Waals surface area (Å²) in [5.41, 5.74) is 1.55. The van der Waals surface area contributed by atoms with Gasteiger partial charge in [-0.25, -0.2) is 4.98 Å². The Morgan fingerprint density at radius 2 is 2.43 bits per heavy atom. The standard InChI is InChI=1S/C14H17N5OS/c1-10-7-16-4-5-19(10)13(20)6-11-9-21-14(18-11)12-8-15-2-3-17-12/h2-3,8-10,16H,4-7H2,1H3. The molecule has 3 heterocycles. The second-order valence-corrected chi connectivity index (χ2v) is 5.91. The Kier molecular flexibility index (Phi) is 4.21. The highest BCUT2D eigenvalue weighted by Gasteiger charge is 2.23.